The van der Waals surface area contributed by atoms with Crippen LogP contribution in [0.4, 0.5) is 0 Å². The van der Waals surface area contributed by atoms with Crippen LogP contribution in [-0.2, 0) is 28.3 Å². The van der Waals surface area contributed by atoms with Gasteiger partial charge in [-0.05, 0) is 47.5 Å². The summed E-state index contributed by atoms with van der Waals surface area (Å²) in [7, 11) is -1.17. The highest BCUT2D eigenvalue weighted by Crippen LogP contribution is 2.45. The first-order valence-corrected chi connectivity index (χ1v) is 13.3. The van der Waals surface area contributed by atoms with Crippen molar-refractivity contribution in [2.45, 2.75) is 111 Å². The van der Waals surface area contributed by atoms with Crippen LogP contribution in [0, 0.1) is 0 Å². The topological polar surface area (TPSA) is 97.7 Å². The lowest BCUT2D eigenvalue weighted by Gasteiger charge is -2.34. The normalized spacial score (nSPS) is 15.5. The molecular weight excluding hydrogens is 445 g/mol. The summed E-state index contributed by atoms with van der Waals surface area (Å²) in [6.45, 7) is 11.9. The molecule has 0 saturated carbocycles. The molecule has 0 N–H and O–H groups in total. The molecule has 33 heavy (non-hydrogen) atoms. The highest BCUT2D eigenvalue weighted by Gasteiger charge is 2.32. The average Bonchev–Trinajstić information content (AvgIpc) is 3.06. The molecule has 1 aliphatic rings. The van der Waals surface area contributed by atoms with Crippen molar-refractivity contribution >= 4 is 32.7 Å². The Morgan fingerprint density at radius 1 is 1.00 bits per heavy atom. The smallest absolute Gasteiger partial charge is 0.333 e. The molecule has 10 heteroatoms. The molecule has 190 valence electrons. The minimum absolute atomic E-state index is 0.118. The van der Waals surface area contributed by atoms with Gasteiger partial charge in [0.25, 0.3) is 11.8 Å². The van der Waals surface area contributed by atoms with Crippen molar-refractivity contribution in [3.8, 4) is 0 Å². The summed E-state index contributed by atoms with van der Waals surface area (Å²) in [4.78, 5) is 43.7. The number of nitrogens with zero attached hydrogens (tertiary/aromatic N) is 3. The Morgan fingerprint density at radius 3 is 2.09 bits per heavy atom. The number of carbonyl (C=O) groups is 3. The SMILES string of the molecule is CC/N=C/OP(OCCCCCCCCCC(=O)ON1C(=O)CCC1=O)N(C(C)C)C(C)C. The molecule has 1 heterocycles. The van der Waals surface area contributed by atoms with Gasteiger partial charge in [0, 0.05) is 37.9 Å². The first kappa shape index (κ1) is 29.5. The van der Waals surface area contributed by atoms with E-state index in [-0.39, 0.29) is 19.3 Å². The molecule has 0 bridgehead atoms. The van der Waals surface area contributed by atoms with Gasteiger partial charge in [0.2, 0.25) is 0 Å². The maximum atomic E-state index is 11.8. The van der Waals surface area contributed by atoms with E-state index in [0.717, 1.165) is 38.5 Å². The van der Waals surface area contributed by atoms with E-state index in [4.69, 9.17) is 13.9 Å². The second-order valence-corrected chi connectivity index (χ2v) is 10.0. The van der Waals surface area contributed by atoms with E-state index in [9.17, 15) is 14.4 Å². The summed E-state index contributed by atoms with van der Waals surface area (Å²) in [5.41, 5.74) is 0. The fraction of sp³-hybridized carbons (Fsp3) is 0.826. The standard InChI is InChI=1S/C23H42N3O6P/c1-6-24-18-31-33(26(19(2)3)20(4)5)30-17-13-11-9-7-8-10-12-14-23(29)32-25-21(27)15-16-22(25)28/h18-20H,6-17H2,1-5H3/b24-18+. The van der Waals surface area contributed by atoms with Gasteiger partial charge in [-0.2, -0.15) is 0 Å². The molecule has 0 aliphatic carbocycles. The number of hydroxylamine groups is 2. The van der Waals surface area contributed by atoms with Crippen molar-refractivity contribution < 1.29 is 28.3 Å². The zero-order valence-corrected chi connectivity index (χ0v) is 21.9. The summed E-state index contributed by atoms with van der Waals surface area (Å²) in [5.74, 6) is -1.39. The number of amides is 2. The minimum atomic E-state index is -1.17. The summed E-state index contributed by atoms with van der Waals surface area (Å²) in [5, 5.41) is 0.611. The largest absolute Gasteiger partial charge is 0.425 e. The predicted octanol–water partition coefficient (Wildman–Crippen LogP) is 5.14. The van der Waals surface area contributed by atoms with E-state index in [1.807, 2.05) is 6.92 Å². The Balaban J connectivity index is 2.13. The van der Waals surface area contributed by atoms with Gasteiger partial charge in [0.1, 0.15) is 0 Å². The van der Waals surface area contributed by atoms with E-state index < -0.39 is 26.3 Å². The van der Waals surface area contributed by atoms with Crippen LogP contribution in [0.2, 0.25) is 0 Å². The lowest BCUT2D eigenvalue weighted by molar-refractivity contribution is -0.197. The quantitative estimate of drug-likeness (QED) is 0.0868. The summed E-state index contributed by atoms with van der Waals surface area (Å²) in [6.07, 6.45) is 8.87. The zero-order valence-electron chi connectivity index (χ0n) is 21.0. The average molecular weight is 488 g/mol. The lowest BCUT2D eigenvalue weighted by Crippen LogP contribution is -2.33. The Bertz CT molecular complexity index is 605. The van der Waals surface area contributed by atoms with E-state index in [0.29, 0.717) is 36.7 Å². The molecule has 1 fully saturated rings. The van der Waals surface area contributed by atoms with Crippen LogP contribution in [0.3, 0.4) is 0 Å². The third-order valence-corrected chi connectivity index (χ3v) is 7.05. The number of unbranched alkanes of at least 4 members (excludes halogenated alkanes) is 6. The van der Waals surface area contributed by atoms with Crippen LogP contribution in [0.25, 0.3) is 0 Å². The first-order valence-electron chi connectivity index (χ1n) is 12.2. The second-order valence-electron chi connectivity index (χ2n) is 8.62. The van der Waals surface area contributed by atoms with Crippen molar-refractivity contribution in [1.82, 2.24) is 9.73 Å². The van der Waals surface area contributed by atoms with Gasteiger partial charge < -0.3 is 13.9 Å². The second kappa shape index (κ2) is 17.0. The van der Waals surface area contributed by atoms with Crippen LogP contribution in [0.15, 0.2) is 4.99 Å². The third kappa shape index (κ3) is 11.9. The van der Waals surface area contributed by atoms with E-state index >= 15 is 0 Å². The molecule has 0 aromatic carbocycles. The molecule has 2 amide bonds. The van der Waals surface area contributed by atoms with Crippen molar-refractivity contribution in [1.29, 1.82) is 0 Å². The Labute approximate surface area is 200 Å². The maximum absolute atomic E-state index is 11.8. The molecule has 1 unspecified atom stereocenters. The van der Waals surface area contributed by atoms with Crippen LogP contribution in [-0.4, -0.2) is 59.2 Å². The maximum Gasteiger partial charge on any atom is 0.333 e. The van der Waals surface area contributed by atoms with Gasteiger partial charge in [0.15, 0.2) is 6.40 Å². The molecule has 1 atom stereocenters. The molecular formula is C23H42N3O6P. The lowest BCUT2D eigenvalue weighted by atomic mass is 10.1. The fourth-order valence-corrected chi connectivity index (χ4v) is 4.97. The van der Waals surface area contributed by atoms with Gasteiger partial charge in [-0.25, -0.2) is 9.46 Å². The summed E-state index contributed by atoms with van der Waals surface area (Å²) in [6, 6.07) is 0.638. The molecule has 0 aromatic heterocycles. The molecule has 1 aliphatic heterocycles. The highest BCUT2D eigenvalue weighted by atomic mass is 31.2. The summed E-state index contributed by atoms with van der Waals surface area (Å²) < 4.78 is 14.1. The third-order valence-electron chi connectivity index (χ3n) is 5.07. The number of hydrogen-bond acceptors (Lipinski definition) is 8. The monoisotopic (exact) mass is 487 g/mol. The minimum Gasteiger partial charge on any atom is -0.425 e. The number of carbonyl (C=O) groups excluding carboxylic acids is 3. The molecule has 0 aromatic rings. The molecule has 0 spiro atoms. The Kier molecular flexibility index (Phi) is 15.1. The highest BCUT2D eigenvalue weighted by molar-refractivity contribution is 7.45. The van der Waals surface area contributed by atoms with E-state index in [1.54, 1.807) is 0 Å². The first-order chi connectivity index (χ1) is 15.8. The van der Waals surface area contributed by atoms with Gasteiger partial charge in [-0.3, -0.25) is 14.6 Å². The van der Waals surface area contributed by atoms with E-state index in [2.05, 4.69) is 37.4 Å². The Morgan fingerprint density at radius 2 is 1.55 bits per heavy atom. The fourth-order valence-electron chi connectivity index (χ4n) is 3.48. The van der Waals surface area contributed by atoms with Crippen LogP contribution in [0.1, 0.15) is 98.8 Å². The van der Waals surface area contributed by atoms with Crippen molar-refractivity contribution in [2.75, 3.05) is 13.2 Å². The summed E-state index contributed by atoms with van der Waals surface area (Å²) >= 11 is 0. The van der Waals surface area contributed by atoms with Gasteiger partial charge in [-0.1, -0.05) is 32.1 Å². The van der Waals surface area contributed by atoms with Crippen molar-refractivity contribution in [2.24, 2.45) is 4.99 Å². The zero-order chi connectivity index (χ0) is 24.6. The number of aliphatic imine (C=N–C) groups is 1. The molecule has 1 rings (SSSR count). The van der Waals surface area contributed by atoms with Crippen LogP contribution < -0.4 is 0 Å². The molecule has 0 radical (unpaired) electrons. The van der Waals surface area contributed by atoms with E-state index in [1.165, 1.54) is 6.40 Å². The molecule has 1 saturated heterocycles. The molecule has 9 nitrogen and oxygen atoms in total. The van der Waals surface area contributed by atoms with Gasteiger partial charge in [-0.15, -0.1) is 5.06 Å². The van der Waals surface area contributed by atoms with Crippen molar-refractivity contribution in [3.63, 3.8) is 0 Å². The predicted molar refractivity (Wildman–Crippen MR) is 129 cm³/mol. The van der Waals surface area contributed by atoms with Crippen LogP contribution >= 0.6 is 8.53 Å². The van der Waals surface area contributed by atoms with Gasteiger partial charge in [0.05, 0.1) is 6.61 Å². The number of hydrogen-bond donors (Lipinski definition) is 0. The number of imide groups is 1. The Hall–Kier alpha value is -1.57. The number of rotatable bonds is 18. The van der Waals surface area contributed by atoms with Crippen molar-refractivity contribution in [3.05, 3.63) is 0 Å². The van der Waals surface area contributed by atoms with Gasteiger partial charge >= 0.3 is 14.5 Å². The van der Waals surface area contributed by atoms with Crippen LogP contribution in [0.5, 0.6) is 0 Å².